The van der Waals surface area contributed by atoms with Crippen LogP contribution in [-0.4, -0.2) is 21.8 Å². The molecule has 0 amide bonds. The van der Waals surface area contributed by atoms with Crippen LogP contribution in [0.25, 0.3) is 0 Å². The van der Waals surface area contributed by atoms with Gasteiger partial charge in [0.1, 0.15) is 0 Å². The maximum absolute atomic E-state index is 10.2. The topological polar surface area (TPSA) is 43.1 Å². The number of nitro benzene ring substituents is 1. The summed E-state index contributed by atoms with van der Waals surface area (Å²) in [5, 5.41) is 11.1. The van der Waals surface area contributed by atoms with Crippen molar-refractivity contribution in [3.05, 3.63) is 39.9 Å². The van der Waals surface area contributed by atoms with E-state index in [9.17, 15) is 10.1 Å². The third kappa shape index (κ3) is 2.05. The molecule has 4 heteroatoms. The normalized spacial score (nSPS) is 9.55. The van der Waals surface area contributed by atoms with Crippen LogP contribution in [0.1, 0.15) is 5.56 Å². The standard InChI is InChI=1S/C7H6AsNO2/c8-5-6-1-3-7(4-2-6)9(10)11/h1-4H,5H2. The molecule has 0 atom stereocenters. The first-order valence-corrected chi connectivity index (χ1v) is 4.41. The van der Waals surface area contributed by atoms with Gasteiger partial charge in [-0.1, -0.05) is 0 Å². The summed E-state index contributed by atoms with van der Waals surface area (Å²) in [6.07, 6.45) is 0. The first kappa shape index (κ1) is 8.28. The number of rotatable bonds is 2. The van der Waals surface area contributed by atoms with Crippen molar-refractivity contribution in [2.75, 3.05) is 0 Å². The average molecular weight is 211 g/mol. The summed E-state index contributed by atoms with van der Waals surface area (Å²) in [4.78, 5) is 9.81. The van der Waals surface area contributed by atoms with Crippen LogP contribution in [0.2, 0.25) is 0 Å². The van der Waals surface area contributed by atoms with Crippen LogP contribution in [0.15, 0.2) is 24.3 Å². The Kier molecular flexibility index (Phi) is 2.66. The molecule has 0 N–H and O–H groups in total. The van der Waals surface area contributed by atoms with Gasteiger partial charge in [0.15, 0.2) is 0 Å². The van der Waals surface area contributed by atoms with E-state index in [4.69, 9.17) is 0 Å². The number of hydrogen-bond acceptors (Lipinski definition) is 2. The van der Waals surface area contributed by atoms with E-state index >= 15 is 0 Å². The fourth-order valence-corrected chi connectivity index (χ4v) is 1.17. The van der Waals surface area contributed by atoms with Crippen LogP contribution in [0.4, 0.5) is 5.69 Å². The van der Waals surface area contributed by atoms with Gasteiger partial charge in [0, 0.05) is 0 Å². The fraction of sp³-hybridized carbons (Fsp3) is 0.143. The number of non-ortho nitro benzene ring substituents is 1. The van der Waals surface area contributed by atoms with Gasteiger partial charge >= 0.3 is 72.6 Å². The zero-order valence-electron chi connectivity index (χ0n) is 5.73. The Morgan fingerprint density at radius 1 is 1.36 bits per heavy atom. The van der Waals surface area contributed by atoms with Gasteiger partial charge in [-0.05, 0) is 0 Å². The molecule has 1 rings (SSSR count). The van der Waals surface area contributed by atoms with Gasteiger partial charge in [0.2, 0.25) is 0 Å². The molecule has 1 aromatic rings. The predicted octanol–water partition coefficient (Wildman–Crippen LogP) is 1.26. The quantitative estimate of drug-likeness (QED) is 0.420. The Hall–Kier alpha value is -0.822. The van der Waals surface area contributed by atoms with E-state index in [0.717, 1.165) is 10.8 Å². The molecule has 0 heterocycles. The molecule has 0 aliphatic heterocycles. The molecule has 0 fully saturated rings. The Labute approximate surface area is 73.1 Å². The second-order valence-electron chi connectivity index (χ2n) is 2.08. The molecule has 0 unspecified atom stereocenters. The predicted molar refractivity (Wildman–Crippen MR) is 42.6 cm³/mol. The second kappa shape index (κ2) is 3.53. The van der Waals surface area contributed by atoms with E-state index in [2.05, 4.69) is 16.9 Å². The molecule has 0 saturated carbocycles. The molecular weight excluding hydrogens is 205 g/mol. The Bertz CT molecular complexity index is 258. The van der Waals surface area contributed by atoms with Crippen molar-refractivity contribution in [3.8, 4) is 0 Å². The Morgan fingerprint density at radius 3 is 2.27 bits per heavy atom. The first-order chi connectivity index (χ1) is 5.24. The summed E-state index contributed by atoms with van der Waals surface area (Å²) >= 11 is 2.43. The van der Waals surface area contributed by atoms with Gasteiger partial charge < -0.3 is 0 Å². The molecule has 0 saturated heterocycles. The van der Waals surface area contributed by atoms with Crippen molar-refractivity contribution in [2.24, 2.45) is 0 Å². The van der Waals surface area contributed by atoms with Gasteiger partial charge in [-0.3, -0.25) is 0 Å². The summed E-state index contributed by atoms with van der Waals surface area (Å²) in [6, 6.07) is 6.55. The summed E-state index contributed by atoms with van der Waals surface area (Å²) in [7, 11) is 0. The SMILES string of the molecule is O=[N+]([O-])c1ccc(C[As])cc1. The van der Waals surface area contributed by atoms with E-state index < -0.39 is 4.92 Å². The molecular formula is C7H6AsNO2. The number of hydrogen-bond donors (Lipinski definition) is 0. The zero-order chi connectivity index (χ0) is 8.27. The monoisotopic (exact) mass is 211 g/mol. The van der Waals surface area contributed by atoms with Crippen LogP contribution in [0.3, 0.4) is 0 Å². The number of benzene rings is 1. The molecule has 0 bridgehead atoms. The molecule has 0 aliphatic carbocycles. The van der Waals surface area contributed by atoms with Crippen molar-refractivity contribution in [2.45, 2.75) is 5.21 Å². The van der Waals surface area contributed by atoms with Crippen molar-refractivity contribution < 1.29 is 4.92 Å². The van der Waals surface area contributed by atoms with Crippen LogP contribution in [0, 0.1) is 10.1 Å². The summed E-state index contributed by atoms with van der Waals surface area (Å²) in [5.74, 6) is 0. The van der Waals surface area contributed by atoms with Gasteiger partial charge in [-0.15, -0.1) is 0 Å². The van der Waals surface area contributed by atoms with Gasteiger partial charge in [-0.25, -0.2) is 0 Å². The fourth-order valence-electron chi connectivity index (χ4n) is 0.723. The molecule has 3 nitrogen and oxygen atoms in total. The summed E-state index contributed by atoms with van der Waals surface area (Å²) < 4.78 is 0. The molecule has 11 heavy (non-hydrogen) atoms. The molecule has 0 aromatic heterocycles. The molecule has 1 aromatic carbocycles. The molecule has 0 aliphatic rings. The minimum atomic E-state index is -0.395. The van der Waals surface area contributed by atoms with Gasteiger partial charge in [-0.2, -0.15) is 0 Å². The second-order valence-corrected chi connectivity index (χ2v) is 2.75. The van der Waals surface area contributed by atoms with Gasteiger partial charge in [0.05, 0.1) is 0 Å². The van der Waals surface area contributed by atoms with E-state index in [1.165, 1.54) is 12.1 Å². The molecule has 0 spiro atoms. The van der Waals surface area contributed by atoms with Crippen molar-refractivity contribution >= 4 is 22.5 Å². The molecule has 56 valence electrons. The third-order valence-corrected chi connectivity index (χ3v) is 2.10. The minimum absolute atomic E-state index is 0.148. The van der Waals surface area contributed by atoms with Crippen molar-refractivity contribution in [1.82, 2.24) is 0 Å². The van der Waals surface area contributed by atoms with Crippen LogP contribution in [0.5, 0.6) is 0 Å². The van der Waals surface area contributed by atoms with E-state index in [0.29, 0.717) is 0 Å². The zero-order valence-corrected chi connectivity index (χ0v) is 7.60. The van der Waals surface area contributed by atoms with Crippen molar-refractivity contribution in [1.29, 1.82) is 0 Å². The Balaban J connectivity index is 2.91. The summed E-state index contributed by atoms with van der Waals surface area (Å²) in [5.41, 5.74) is 1.24. The summed E-state index contributed by atoms with van der Waals surface area (Å²) in [6.45, 7) is 0. The van der Waals surface area contributed by atoms with Crippen LogP contribution >= 0.6 is 0 Å². The van der Waals surface area contributed by atoms with E-state index in [1.807, 2.05) is 0 Å². The van der Waals surface area contributed by atoms with Gasteiger partial charge in [0.25, 0.3) is 0 Å². The maximum atomic E-state index is 10.2. The molecule has 2 radical (unpaired) electrons. The Morgan fingerprint density at radius 2 is 1.91 bits per heavy atom. The number of nitrogens with zero attached hydrogens (tertiary/aromatic N) is 1. The van der Waals surface area contributed by atoms with Crippen LogP contribution < -0.4 is 0 Å². The van der Waals surface area contributed by atoms with Crippen LogP contribution in [-0.2, 0) is 5.21 Å². The third-order valence-electron chi connectivity index (χ3n) is 1.33. The first-order valence-electron chi connectivity index (χ1n) is 3.08. The van der Waals surface area contributed by atoms with E-state index in [1.54, 1.807) is 12.1 Å². The van der Waals surface area contributed by atoms with Crippen molar-refractivity contribution in [3.63, 3.8) is 0 Å². The van der Waals surface area contributed by atoms with E-state index in [-0.39, 0.29) is 5.69 Å². The number of nitro groups is 1. The average Bonchev–Trinajstić information content (AvgIpc) is 2.05.